The first-order valence-electron chi connectivity index (χ1n) is 8.90. The van der Waals surface area contributed by atoms with Crippen molar-refractivity contribution in [3.8, 4) is 11.3 Å². The van der Waals surface area contributed by atoms with Gasteiger partial charge in [0.25, 0.3) is 0 Å². The number of hydrogen-bond acceptors (Lipinski definition) is 4. The van der Waals surface area contributed by atoms with Crippen LogP contribution in [0.1, 0.15) is 46.0 Å². The van der Waals surface area contributed by atoms with Crippen LogP contribution in [0, 0.1) is 11.6 Å². The van der Waals surface area contributed by atoms with Crippen LogP contribution in [0.25, 0.3) is 11.3 Å². The SMILES string of the molecule is CCC(C)c1c(-c2csc(N3C4CCC3COC4)n2)ccc(F)c1F.[HH]. The number of anilines is 1. The van der Waals surface area contributed by atoms with Gasteiger partial charge in [-0.3, -0.25) is 0 Å². The van der Waals surface area contributed by atoms with Gasteiger partial charge in [0.05, 0.1) is 31.0 Å². The van der Waals surface area contributed by atoms with E-state index in [-0.39, 0.29) is 7.34 Å². The summed E-state index contributed by atoms with van der Waals surface area (Å²) in [6, 6.07) is 3.63. The molecule has 2 bridgehead atoms. The molecule has 2 aliphatic heterocycles. The van der Waals surface area contributed by atoms with Crippen molar-refractivity contribution in [3.63, 3.8) is 0 Å². The molecule has 0 spiro atoms. The quantitative estimate of drug-likeness (QED) is 0.742. The number of benzene rings is 1. The Labute approximate surface area is 152 Å². The molecule has 3 atom stereocenters. The molecule has 3 nitrogen and oxygen atoms in total. The van der Waals surface area contributed by atoms with Crippen LogP contribution < -0.4 is 4.90 Å². The van der Waals surface area contributed by atoms with Crippen molar-refractivity contribution in [2.75, 3.05) is 18.1 Å². The molecular formula is C19H24F2N2OS. The normalized spacial score (nSPS) is 23.9. The monoisotopic (exact) mass is 366 g/mol. The first kappa shape index (κ1) is 16.9. The first-order valence-corrected chi connectivity index (χ1v) is 9.78. The average molecular weight is 366 g/mol. The molecule has 0 aliphatic carbocycles. The Morgan fingerprint density at radius 3 is 2.72 bits per heavy atom. The largest absolute Gasteiger partial charge is 0.377 e. The fourth-order valence-corrected chi connectivity index (χ4v) is 4.89. The topological polar surface area (TPSA) is 25.4 Å². The molecule has 25 heavy (non-hydrogen) atoms. The zero-order valence-corrected chi connectivity index (χ0v) is 15.3. The molecule has 1 aromatic carbocycles. The van der Waals surface area contributed by atoms with E-state index in [2.05, 4.69) is 4.90 Å². The van der Waals surface area contributed by atoms with Gasteiger partial charge in [-0.05, 0) is 37.3 Å². The number of halogens is 2. The van der Waals surface area contributed by atoms with Gasteiger partial charge < -0.3 is 9.64 Å². The van der Waals surface area contributed by atoms with E-state index < -0.39 is 11.6 Å². The van der Waals surface area contributed by atoms with Crippen LogP contribution in [-0.4, -0.2) is 30.3 Å². The van der Waals surface area contributed by atoms with Crippen LogP contribution in [0.3, 0.4) is 0 Å². The summed E-state index contributed by atoms with van der Waals surface area (Å²) >= 11 is 1.58. The Morgan fingerprint density at radius 2 is 2.04 bits per heavy atom. The number of morpholine rings is 1. The van der Waals surface area contributed by atoms with Crippen molar-refractivity contribution >= 4 is 16.5 Å². The molecule has 4 rings (SSSR count). The summed E-state index contributed by atoms with van der Waals surface area (Å²) < 4.78 is 33.9. The summed E-state index contributed by atoms with van der Waals surface area (Å²) in [5.74, 6) is -1.59. The van der Waals surface area contributed by atoms with Crippen molar-refractivity contribution in [2.24, 2.45) is 0 Å². The molecule has 3 heterocycles. The smallest absolute Gasteiger partial charge is 0.186 e. The number of thiazole rings is 1. The summed E-state index contributed by atoms with van der Waals surface area (Å²) in [4.78, 5) is 7.15. The molecule has 3 unspecified atom stereocenters. The number of aromatic nitrogens is 1. The number of fused-ring (bicyclic) bond motifs is 2. The molecule has 136 valence electrons. The highest BCUT2D eigenvalue weighted by Gasteiger charge is 2.39. The minimum Gasteiger partial charge on any atom is -0.377 e. The Hall–Kier alpha value is -1.53. The third-order valence-electron chi connectivity index (χ3n) is 5.47. The Morgan fingerprint density at radius 1 is 1.32 bits per heavy atom. The molecule has 2 aromatic rings. The molecule has 0 saturated carbocycles. The molecule has 0 radical (unpaired) electrons. The third-order valence-corrected chi connectivity index (χ3v) is 6.32. The fraction of sp³-hybridized carbons (Fsp3) is 0.526. The second-order valence-electron chi connectivity index (χ2n) is 6.98. The van der Waals surface area contributed by atoms with Crippen LogP contribution >= 0.6 is 11.3 Å². The molecule has 0 amide bonds. The highest BCUT2D eigenvalue weighted by atomic mass is 32.1. The predicted molar refractivity (Wildman–Crippen MR) is 98.4 cm³/mol. The Balaban J connectivity index is 0.00000196. The standard InChI is InChI=1S/C19H22F2N2OS.H2/c1-3-11(2)17-14(6-7-15(20)18(17)21)16-10-25-19(22-16)23-12-4-5-13(23)9-24-8-12;/h6-7,10-13H,3-5,8-9H2,1-2H3;1H. The lowest BCUT2D eigenvalue weighted by molar-refractivity contribution is 0.0906. The van der Waals surface area contributed by atoms with Gasteiger partial charge in [0, 0.05) is 17.9 Å². The maximum atomic E-state index is 14.5. The number of rotatable bonds is 4. The molecule has 1 aromatic heterocycles. The molecule has 2 saturated heterocycles. The summed E-state index contributed by atoms with van der Waals surface area (Å²) in [7, 11) is 0. The van der Waals surface area contributed by atoms with Crippen LogP contribution in [0.5, 0.6) is 0 Å². The van der Waals surface area contributed by atoms with Crippen molar-refractivity contribution in [1.29, 1.82) is 0 Å². The highest BCUT2D eigenvalue weighted by Crippen LogP contribution is 2.40. The molecule has 6 heteroatoms. The molecule has 2 fully saturated rings. The Bertz CT molecular complexity index is 769. The lowest BCUT2D eigenvalue weighted by Crippen LogP contribution is -2.45. The van der Waals surface area contributed by atoms with Gasteiger partial charge in [0.1, 0.15) is 0 Å². The molecular weight excluding hydrogens is 342 g/mol. The maximum absolute atomic E-state index is 14.5. The van der Waals surface area contributed by atoms with E-state index in [1.54, 1.807) is 17.4 Å². The average Bonchev–Trinajstić information content (AvgIpc) is 3.18. The minimum atomic E-state index is -0.791. The summed E-state index contributed by atoms with van der Waals surface area (Å²) in [5, 5.41) is 2.92. The number of nitrogens with zero attached hydrogens (tertiary/aromatic N) is 2. The predicted octanol–water partition coefficient (Wildman–Crippen LogP) is 5.22. The van der Waals surface area contributed by atoms with Crippen LogP contribution in [0.4, 0.5) is 13.9 Å². The van der Waals surface area contributed by atoms with E-state index in [0.717, 1.165) is 43.3 Å². The van der Waals surface area contributed by atoms with E-state index in [9.17, 15) is 8.78 Å². The van der Waals surface area contributed by atoms with E-state index in [0.29, 0.717) is 23.2 Å². The van der Waals surface area contributed by atoms with Crippen LogP contribution in [0.2, 0.25) is 0 Å². The van der Waals surface area contributed by atoms with Crippen molar-refractivity contribution in [1.82, 2.24) is 4.98 Å². The van der Waals surface area contributed by atoms with Crippen molar-refractivity contribution in [3.05, 3.63) is 34.7 Å². The second-order valence-corrected chi connectivity index (χ2v) is 7.81. The lowest BCUT2D eigenvalue weighted by atomic mass is 9.92. The van der Waals surface area contributed by atoms with E-state index in [1.807, 2.05) is 19.2 Å². The Kier molecular flexibility index (Phi) is 4.50. The van der Waals surface area contributed by atoms with Gasteiger partial charge in [-0.2, -0.15) is 0 Å². The van der Waals surface area contributed by atoms with Crippen molar-refractivity contribution < 1.29 is 14.9 Å². The number of hydrogen-bond donors (Lipinski definition) is 0. The lowest BCUT2D eigenvalue weighted by Gasteiger charge is -2.34. The van der Waals surface area contributed by atoms with Gasteiger partial charge >= 0.3 is 0 Å². The van der Waals surface area contributed by atoms with Crippen LogP contribution in [-0.2, 0) is 4.74 Å². The van der Waals surface area contributed by atoms with E-state index >= 15 is 0 Å². The van der Waals surface area contributed by atoms with Gasteiger partial charge in [-0.1, -0.05) is 13.8 Å². The minimum absolute atomic E-state index is 0. The maximum Gasteiger partial charge on any atom is 0.186 e. The summed E-state index contributed by atoms with van der Waals surface area (Å²) in [5.41, 5.74) is 1.88. The third kappa shape index (κ3) is 2.85. The van der Waals surface area contributed by atoms with Gasteiger partial charge in [-0.25, -0.2) is 13.8 Å². The zero-order chi connectivity index (χ0) is 17.6. The fourth-order valence-electron chi connectivity index (χ4n) is 3.92. The zero-order valence-electron chi connectivity index (χ0n) is 14.5. The molecule has 0 N–H and O–H groups in total. The summed E-state index contributed by atoms with van der Waals surface area (Å²) in [6.07, 6.45) is 3.00. The summed E-state index contributed by atoms with van der Waals surface area (Å²) in [6.45, 7) is 5.40. The van der Waals surface area contributed by atoms with Gasteiger partial charge in [0.15, 0.2) is 16.8 Å². The van der Waals surface area contributed by atoms with Crippen molar-refractivity contribution in [2.45, 2.75) is 51.1 Å². The second kappa shape index (κ2) is 6.65. The van der Waals surface area contributed by atoms with Gasteiger partial charge in [-0.15, -0.1) is 11.3 Å². The van der Waals surface area contributed by atoms with Crippen LogP contribution in [0.15, 0.2) is 17.5 Å². The highest BCUT2D eigenvalue weighted by molar-refractivity contribution is 7.14. The number of ether oxygens (including phenoxy) is 1. The van der Waals surface area contributed by atoms with Gasteiger partial charge in [0.2, 0.25) is 0 Å². The van der Waals surface area contributed by atoms with E-state index in [4.69, 9.17) is 9.72 Å². The van der Waals surface area contributed by atoms with E-state index in [1.165, 1.54) is 6.07 Å². The first-order chi connectivity index (χ1) is 12.1. The molecule has 2 aliphatic rings.